The van der Waals surface area contributed by atoms with Crippen LogP contribution in [0.3, 0.4) is 0 Å². The van der Waals surface area contributed by atoms with Crippen LogP contribution in [0.4, 0.5) is 0 Å². The van der Waals surface area contributed by atoms with Crippen molar-refractivity contribution in [1.82, 2.24) is 19.9 Å². The van der Waals surface area contributed by atoms with Gasteiger partial charge in [-0.25, -0.2) is 19.9 Å². The lowest BCUT2D eigenvalue weighted by atomic mass is 9.70. The molecule has 3 aromatic heterocycles. The number of hydrogen-bond acceptors (Lipinski definition) is 6. The van der Waals surface area contributed by atoms with Gasteiger partial charge in [-0.05, 0) is 179 Å². The zero-order chi connectivity index (χ0) is 58.8. The maximum Gasteiger partial charge on any atom is 0.227 e. The van der Waals surface area contributed by atoms with E-state index in [1.807, 2.05) is 48.5 Å². The Morgan fingerprint density at radius 3 is 1.03 bits per heavy atom. The molecule has 3 heterocycles. The van der Waals surface area contributed by atoms with Crippen LogP contribution >= 0.6 is 0 Å². The van der Waals surface area contributed by atoms with Crippen LogP contribution in [0.5, 0.6) is 0 Å². The molecular formula is C84H48N4O2. The summed E-state index contributed by atoms with van der Waals surface area (Å²) in [7, 11) is 0. The summed E-state index contributed by atoms with van der Waals surface area (Å²) in [6.07, 6.45) is 0. The van der Waals surface area contributed by atoms with Crippen molar-refractivity contribution in [3.8, 4) is 112 Å². The van der Waals surface area contributed by atoms with Crippen molar-refractivity contribution in [1.29, 1.82) is 0 Å². The molecule has 0 saturated heterocycles. The van der Waals surface area contributed by atoms with Crippen LogP contribution in [0, 0.1) is 0 Å². The summed E-state index contributed by atoms with van der Waals surface area (Å²) in [5.74, 6) is 1.72. The van der Waals surface area contributed by atoms with Crippen molar-refractivity contribution in [2.24, 2.45) is 0 Å². The van der Waals surface area contributed by atoms with Crippen LogP contribution in [0.1, 0.15) is 44.5 Å². The number of aromatic nitrogens is 4. The molecule has 0 N–H and O–H groups in total. The molecule has 0 unspecified atom stereocenters. The van der Waals surface area contributed by atoms with Gasteiger partial charge in [-0.3, -0.25) is 0 Å². The van der Waals surface area contributed by atoms with E-state index in [9.17, 15) is 0 Å². The van der Waals surface area contributed by atoms with Crippen molar-refractivity contribution in [3.63, 3.8) is 0 Å². The maximum atomic E-state index is 6.34. The summed E-state index contributed by atoms with van der Waals surface area (Å²) in [6, 6.07) is 106. The third-order valence-electron chi connectivity index (χ3n) is 19.8. The van der Waals surface area contributed by atoms with Gasteiger partial charge in [0.15, 0.2) is 17.0 Å². The summed E-state index contributed by atoms with van der Waals surface area (Å²) in [5, 5.41) is 0.925. The summed E-state index contributed by atoms with van der Waals surface area (Å²) in [4.78, 5) is 21.2. The number of para-hydroxylation sites is 4. The fraction of sp³-hybridized carbons (Fsp3) is 0.0238. The van der Waals surface area contributed by atoms with E-state index in [0.29, 0.717) is 17.6 Å². The summed E-state index contributed by atoms with van der Waals surface area (Å²) in [6.45, 7) is 0. The number of hydrogen-bond donors (Lipinski definition) is 0. The number of nitrogens with zero attached hydrogens (tertiary/aromatic N) is 4. The lowest BCUT2D eigenvalue weighted by Gasteiger charge is -2.31. The minimum absolute atomic E-state index is 0.526. The van der Waals surface area contributed by atoms with Crippen molar-refractivity contribution >= 4 is 33.1 Å². The predicted octanol–water partition coefficient (Wildman–Crippen LogP) is 20.6. The van der Waals surface area contributed by atoms with Gasteiger partial charge in [0, 0.05) is 33.2 Å². The second kappa shape index (κ2) is 18.3. The van der Waals surface area contributed by atoms with Crippen molar-refractivity contribution in [2.75, 3.05) is 0 Å². The highest BCUT2D eigenvalue weighted by Crippen LogP contribution is 2.65. The number of oxazole rings is 2. The molecule has 0 bridgehead atoms. The molecule has 6 heteroatoms. The monoisotopic (exact) mass is 1140 g/mol. The van der Waals surface area contributed by atoms with Gasteiger partial charge in [0.05, 0.1) is 22.0 Å². The van der Waals surface area contributed by atoms with Crippen molar-refractivity contribution in [3.05, 3.63) is 336 Å². The van der Waals surface area contributed by atoms with Gasteiger partial charge in [-0.15, -0.1) is 0 Å². The van der Waals surface area contributed by atoms with E-state index in [0.717, 1.165) is 83.3 Å². The Kier molecular flexibility index (Phi) is 10.0. The van der Waals surface area contributed by atoms with E-state index < -0.39 is 10.8 Å². The molecule has 0 fully saturated rings. The molecule has 2 spiro atoms. The Hall–Kier alpha value is -11.9. The minimum Gasteiger partial charge on any atom is -0.436 e. The highest BCUT2D eigenvalue weighted by Gasteiger charge is 2.53. The molecule has 0 saturated carbocycles. The minimum atomic E-state index is -0.558. The fourth-order valence-corrected chi connectivity index (χ4v) is 16.0. The van der Waals surface area contributed by atoms with E-state index in [2.05, 4.69) is 243 Å². The van der Waals surface area contributed by atoms with Gasteiger partial charge in [-0.2, -0.15) is 0 Å². The first-order valence-electron chi connectivity index (χ1n) is 30.7. The highest BCUT2D eigenvalue weighted by atomic mass is 16.4. The Balaban J connectivity index is 0.854. The SMILES string of the molecule is c1ccc2c(c1)-c1ccccc1C21c2ccccc2-c2ccc(-c3cc(-c4ccc5c(c4)C4(c6ccccc6-c6ccccc64)c4ccccc4-5)c4nc(-c5ccc(-c6nc7ccccc7o6)cc5)nc(-c5ccc(-c6nc7ccccc7o6)cc5)c4c3)cc21. The molecule has 0 amide bonds. The van der Waals surface area contributed by atoms with Gasteiger partial charge >= 0.3 is 0 Å². The summed E-state index contributed by atoms with van der Waals surface area (Å²) in [5.41, 5.74) is 31.9. The largest absolute Gasteiger partial charge is 0.436 e. The molecule has 20 rings (SSSR count). The zero-order valence-corrected chi connectivity index (χ0v) is 48.3. The maximum absolute atomic E-state index is 6.34. The summed E-state index contributed by atoms with van der Waals surface area (Å²) >= 11 is 0. The van der Waals surface area contributed by atoms with Gasteiger partial charge in [0.2, 0.25) is 11.8 Å². The molecule has 0 atom stereocenters. The molecule has 0 radical (unpaired) electrons. The second-order valence-electron chi connectivity index (χ2n) is 24.2. The van der Waals surface area contributed by atoms with E-state index in [-0.39, 0.29) is 0 Å². The van der Waals surface area contributed by atoms with Crippen LogP contribution in [-0.4, -0.2) is 19.9 Å². The van der Waals surface area contributed by atoms with E-state index >= 15 is 0 Å². The first kappa shape index (κ1) is 49.3. The smallest absolute Gasteiger partial charge is 0.227 e. The Morgan fingerprint density at radius 1 is 0.233 bits per heavy atom. The molecule has 4 aliphatic rings. The normalized spacial score (nSPS) is 13.7. The van der Waals surface area contributed by atoms with Crippen LogP contribution in [-0.2, 0) is 10.8 Å². The van der Waals surface area contributed by atoms with Gasteiger partial charge in [-0.1, -0.05) is 218 Å². The average molecular weight is 1150 g/mol. The number of benzene rings is 13. The molecule has 6 nitrogen and oxygen atoms in total. The van der Waals surface area contributed by atoms with Gasteiger partial charge in [0.1, 0.15) is 11.0 Å². The van der Waals surface area contributed by atoms with Crippen LogP contribution in [0.15, 0.2) is 300 Å². The van der Waals surface area contributed by atoms with E-state index in [4.69, 9.17) is 28.8 Å². The van der Waals surface area contributed by atoms with Crippen LogP contribution < -0.4 is 0 Å². The fourth-order valence-electron chi connectivity index (χ4n) is 16.0. The van der Waals surface area contributed by atoms with Crippen molar-refractivity contribution in [2.45, 2.75) is 10.8 Å². The topological polar surface area (TPSA) is 77.8 Å². The third-order valence-corrected chi connectivity index (χ3v) is 19.8. The van der Waals surface area contributed by atoms with Gasteiger partial charge < -0.3 is 8.83 Å². The first-order valence-corrected chi connectivity index (χ1v) is 30.7. The molecule has 0 aliphatic heterocycles. The second-order valence-corrected chi connectivity index (χ2v) is 24.2. The molecule has 4 aliphatic carbocycles. The van der Waals surface area contributed by atoms with E-state index in [1.165, 1.54) is 89.0 Å². The predicted molar refractivity (Wildman–Crippen MR) is 360 cm³/mol. The summed E-state index contributed by atoms with van der Waals surface area (Å²) < 4.78 is 12.6. The van der Waals surface area contributed by atoms with E-state index in [1.54, 1.807) is 0 Å². The lowest BCUT2D eigenvalue weighted by Crippen LogP contribution is -2.25. The quantitative estimate of drug-likeness (QED) is 0.165. The Labute approximate surface area is 517 Å². The molecule has 416 valence electrons. The standard InChI is InChI=1S/C84H48N4O2/c1-7-23-66-56(17-1)57-18-2-8-24-67(57)83(66)70-27-11-5-21-60(70)62-43-41-53(47-72(62)83)55-45-64(54-42-44-63-61-22-6-12-28-71(61)84(73(63)48-54)68-25-9-3-19-58(68)59-20-4-10-26-69(59)84)79-65(46-55)78(49-33-37-51(38-34-49)81-85-74-29-13-15-31-76(74)89-81)87-80(88-79)50-35-39-52(40-36-50)82-86-75-30-14-16-32-77(75)90-82/h1-48H. The number of fused-ring (bicyclic) bond motifs is 23. The highest BCUT2D eigenvalue weighted by molar-refractivity contribution is 6.06. The van der Waals surface area contributed by atoms with Gasteiger partial charge in [0.25, 0.3) is 0 Å². The van der Waals surface area contributed by atoms with Crippen LogP contribution in [0.25, 0.3) is 145 Å². The van der Waals surface area contributed by atoms with Crippen molar-refractivity contribution < 1.29 is 8.83 Å². The molecule has 13 aromatic carbocycles. The third kappa shape index (κ3) is 6.66. The molecule has 16 aromatic rings. The Bertz CT molecular complexity index is 5560. The van der Waals surface area contributed by atoms with Crippen LogP contribution in [0.2, 0.25) is 0 Å². The first-order chi connectivity index (χ1) is 44.6. The zero-order valence-electron chi connectivity index (χ0n) is 48.3. The number of rotatable bonds is 6. The molecular weight excluding hydrogens is 1100 g/mol. The lowest BCUT2D eigenvalue weighted by molar-refractivity contribution is 0.619. The average Bonchev–Trinajstić information content (AvgIpc) is 1.52. The molecule has 90 heavy (non-hydrogen) atoms. The Morgan fingerprint density at radius 2 is 0.589 bits per heavy atom.